The average Bonchev–Trinajstić information content (AvgIpc) is 3.04. The van der Waals surface area contributed by atoms with Crippen LogP contribution in [-0.2, 0) is 34.8 Å². The van der Waals surface area contributed by atoms with Gasteiger partial charge in [0.25, 0.3) is 0 Å². The van der Waals surface area contributed by atoms with Crippen LogP contribution in [0.1, 0.15) is 40.1 Å². The number of sulfonamides is 1. The second-order valence-corrected chi connectivity index (χ2v) is 13.3. The number of aromatic nitrogens is 1. The molecule has 1 aliphatic heterocycles. The molecule has 1 aromatic heterocycles. The molecule has 0 saturated heterocycles. The predicted octanol–water partition coefficient (Wildman–Crippen LogP) is 6.83. The monoisotopic (exact) mass is 692 g/mol. The Bertz CT molecular complexity index is 1850. The number of hydrogen-bond acceptors (Lipinski definition) is 7. The van der Waals surface area contributed by atoms with Crippen LogP contribution in [0, 0.1) is 17.5 Å². The van der Waals surface area contributed by atoms with Gasteiger partial charge in [-0.15, -0.1) is 0 Å². The van der Waals surface area contributed by atoms with E-state index >= 15 is 8.78 Å². The molecule has 0 unspecified atom stereocenters. The van der Waals surface area contributed by atoms with Crippen molar-refractivity contribution in [2.75, 3.05) is 21.3 Å². The molecule has 0 bridgehead atoms. The molecule has 254 valence electrons. The van der Waals surface area contributed by atoms with Crippen molar-refractivity contribution in [3.63, 3.8) is 0 Å². The van der Waals surface area contributed by atoms with Gasteiger partial charge in [0.05, 0.1) is 25.5 Å². The first kappa shape index (κ1) is 34.5. The first-order valence-corrected chi connectivity index (χ1v) is 15.9. The summed E-state index contributed by atoms with van der Waals surface area (Å²) in [6, 6.07) is 16.1. The lowest BCUT2D eigenvalue weighted by Gasteiger charge is -2.44. The quantitative estimate of drug-likeness (QED) is 0.189. The standard InChI is InChI=1S/C33H30F6N4O4S/c1-32(28-14-9-22(17-40-28)33(37,38)39)30(29-26(35)15-23(34)16-27(29)36)48(44,45)42(2)31(41-32)43(18-20-5-10-24(46-3)11-6-20)19-21-7-12-25(47-4)13-8-21/h5-17,30H,18-19H2,1-4H3/t30-,32-/m1/s1. The summed E-state index contributed by atoms with van der Waals surface area (Å²) in [5, 5.41) is -2.20. The highest BCUT2D eigenvalue weighted by atomic mass is 32.2. The van der Waals surface area contributed by atoms with Crippen LogP contribution in [-0.4, -0.2) is 49.8 Å². The second-order valence-electron chi connectivity index (χ2n) is 11.2. The van der Waals surface area contributed by atoms with E-state index in [2.05, 4.69) is 4.98 Å². The molecule has 4 aromatic rings. The molecule has 8 nitrogen and oxygen atoms in total. The van der Waals surface area contributed by atoms with Gasteiger partial charge in [0.2, 0.25) is 16.0 Å². The number of pyridine rings is 1. The zero-order chi connectivity index (χ0) is 35.0. The number of halogens is 6. The minimum atomic E-state index is -4.85. The third kappa shape index (κ3) is 6.64. The minimum Gasteiger partial charge on any atom is -0.497 e. The summed E-state index contributed by atoms with van der Waals surface area (Å²) in [6.07, 6.45) is -4.29. The number of aliphatic imine (C=N–C) groups is 1. The molecule has 48 heavy (non-hydrogen) atoms. The minimum absolute atomic E-state index is 0.0647. The van der Waals surface area contributed by atoms with E-state index in [1.165, 1.54) is 21.1 Å². The Morgan fingerprint density at radius 2 is 1.35 bits per heavy atom. The lowest BCUT2D eigenvalue weighted by molar-refractivity contribution is -0.137. The van der Waals surface area contributed by atoms with Crippen LogP contribution in [0.2, 0.25) is 0 Å². The van der Waals surface area contributed by atoms with Crippen molar-refractivity contribution in [3.05, 3.63) is 124 Å². The summed E-state index contributed by atoms with van der Waals surface area (Å²) < 4.78 is 125. The third-order valence-electron chi connectivity index (χ3n) is 8.07. The molecule has 0 radical (unpaired) electrons. The van der Waals surface area contributed by atoms with Crippen molar-refractivity contribution in [1.82, 2.24) is 14.2 Å². The summed E-state index contributed by atoms with van der Waals surface area (Å²) in [7, 11) is -0.701. The number of benzene rings is 3. The molecule has 0 N–H and O–H groups in total. The number of guanidine groups is 1. The topological polar surface area (TPSA) is 84.3 Å². The highest BCUT2D eigenvalue weighted by Crippen LogP contribution is 2.49. The van der Waals surface area contributed by atoms with Crippen molar-refractivity contribution >= 4 is 16.0 Å². The van der Waals surface area contributed by atoms with Gasteiger partial charge in [0.1, 0.15) is 39.7 Å². The van der Waals surface area contributed by atoms with Gasteiger partial charge in [0.15, 0.2) is 0 Å². The fraction of sp³-hybridized carbons (Fsp3) is 0.273. The Morgan fingerprint density at radius 3 is 1.77 bits per heavy atom. The number of methoxy groups -OCH3 is 2. The summed E-state index contributed by atoms with van der Waals surface area (Å²) in [5.41, 5.74) is -3.32. The van der Waals surface area contributed by atoms with E-state index in [9.17, 15) is 26.0 Å². The molecule has 0 aliphatic carbocycles. The van der Waals surface area contributed by atoms with Crippen LogP contribution in [0.3, 0.4) is 0 Å². The number of nitrogens with zero attached hydrogens (tertiary/aromatic N) is 4. The second kappa shape index (κ2) is 13.0. The Kier molecular flexibility index (Phi) is 9.37. The van der Waals surface area contributed by atoms with E-state index in [0.29, 0.717) is 47.0 Å². The number of rotatable bonds is 8. The molecule has 2 heterocycles. The first-order valence-electron chi connectivity index (χ1n) is 14.3. The van der Waals surface area contributed by atoms with Crippen LogP contribution in [0.15, 0.2) is 84.0 Å². The Balaban J connectivity index is 1.74. The Morgan fingerprint density at radius 1 is 0.854 bits per heavy atom. The molecule has 0 spiro atoms. The zero-order valence-corrected chi connectivity index (χ0v) is 26.9. The molecule has 0 fully saturated rings. The van der Waals surface area contributed by atoms with Crippen molar-refractivity contribution in [2.45, 2.75) is 37.0 Å². The molecule has 5 rings (SSSR count). The highest BCUT2D eigenvalue weighted by molar-refractivity contribution is 7.90. The molecular weight excluding hydrogens is 662 g/mol. The third-order valence-corrected chi connectivity index (χ3v) is 10.3. The Labute approximate surface area is 273 Å². The summed E-state index contributed by atoms with van der Waals surface area (Å²) in [6.45, 7) is 1.34. The van der Waals surface area contributed by atoms with Gasteiger partial charge < -0.3 is 14.4 Å². The summed E-state index contributed by atoms with van der Waals surface area (Å²) in [5.74, 6) is -3.37. The van der Waals surface area contributed by atoms with E-state index < -0.39 is 55.6 Å². The van der Waals surface area contributed by atoms with Crippen molar-refractivity contribution < 1.29 is 44.2 Å². The van der Waals surface area contributed by atoms with E-state index in [1.807, 2.05) is 0 Å². The number of ether oxygens (including phenoxy) is 2. The van der Waals surface area contributed by atoms with Crippen molar-refractivity contribution in [3.8, 4) is 11.5 Å². The largest absolute Gasteiger partial charge is 0.497 e. The lowest BCUT2D eigenvalue weighted by atomic mass is 9.87. The van der Waals surface area contributed by atoms with Crippen molar-refractivity contribution in [1.29, 1.82) is 0 Å². The Hall–Kier alpha value is -4.79. The maximum absolute atomic E-state index is 15.4. The maximum Gasteiger partial charge on any atom is 0.417 e. The van der Waals surface area contributed by atoms with Crippen LogP contribution < -0.4 is 9.47 Å². The number of hydrogen-bond donors (Lipinski definition) is 0. The molecule has 15 heteroatoms. The maximum atomic E-state index is 15.4. The smallest absolute Gasteiger partial charge is 0.417 e. The molecule has 2 atom stereocenters. The van der Waals surface area contributed by atoms with Gasteiger partial charge in [-0.25, -0.2) is 30.9 Å². The summed E-state index contributed by atoms with van der Waals surface area (Å²) >= 11 is 0. The van der Waals surface area contributed by atoms with Crippen LogP contribution >= 0.6 is 0 Å². The van der Waals surface area contributed by atoms with E-state index in [1.54, 1.807) is 53.4 Å². The molecule has 1 aliphatic rings. The van der Waals surface area contributed by atoms with Gasteiger partial charge >= 0.3 is 6.18 Å². The summed E-state index contributed by atoms with van der Waals surface area (Å²) in [4.78, 5) is 10.2. The zero-order valence-electron chi connectivity index (χ0n) is 26.1. The van der Waals surface area contributed by atoms with Crippen LogP contribution in [0.5, 0.6) is 11.5 Å². The van der Waals surface area contributed by atoms with Gasteiger partial charge in [-0.3, -0.25) is 4.98 Å². The first-order chi connectivity index (χ1) is 22.6. The van der Waals surface area contributed by atoms with Crippen molar-refractivity contribution in [2.24, 2.45) is 4.99 Å². The van der Waals surface area contributed by atoms with E-state index in [-0.39, 0.29) is 24.7 Å². The van der Waals surface area contributed by atoms with Gasteiger partial charge in [0, 0.05) is 44.0 Å². The SMILES string of the molecule is COc1ccc(CN(Cc2ccc(OC)cc2)C2=N[C@](C)(c3ccc(C(F)(F)F)cn3)[C@@H](c3c(F)cc(F)cc3F)S(=O)(=O)N2C)cc1. The average molecular weight is 693 g/mol. The van der Waals surface area contributed by atoms with E-state index in [0.717, 1.165) is 17.4 Å². The highest BCUT2D eigenvalue weighted by Gasteiger charge is 2.55. The molecular formula is C33H30F6N4O4S. The molecule has 0 saturated carbocycles. The van der Waals surface area contributed by atoms with E-state index in [4.69, 9.17) is 14.5 Å². The van der Waals surface area contributed by atoms with Gasteiger partial charge in [-0.05, 0) is 54.4 Å². The molecule has 3 aromatic carbocycles. The fourth-order valence-electron chi connectivity index (χ4n) is 5.55. The van der Waals surface area contributed by atoms with Crippen LogP contribution in [0.4, 0.5) is 26.3 Å². The predicted molar refractivity (Wildman–Crippen MR) is 165 cm³/mol. The lowest BCUT2D eigenvalue weighted by Crippen LogP contribution is -2.55. The number of alkyl halides is 3. The molecule has 0 amide bonds. The van der Waals surface area contributed by atoms with Gasteiger partial charge in [-0.1, -0.05) is 24.3 Å². The van der Waals surface area contributed by atoms with Crippen LogP contribution in [0.25, 0.3) is 0 Å². The fourth-order valence-corrected chi connectivity index (χ4v) is 7.53. The normalized spacial score (nSPS) is 19.1. The van der Waals surface area contributed by atoms with Gasteiger partial charge in [-0.2, -0.15) is 13.2 Å².